The van der Waals surface area contributed by atoms with Crippen LogP contribution in [-0.2, 0) is 0 Å². The van der Waals surface area contributed by atoms with E-state index >= 15 is 0 Å². The SMILES string of the molecule is CC(C)(C)N[N+](C(C)(C)C)(C(C)(C)C)C(C)(C)C. The van der Waals surface area contributed by atoms with Crippen LogP contribution in [0, 0.1) is 0 Å². The zero-order valence-electron chi connectivity index (χ0n) is 14.9. The molecule has 0 aliphatic heterocycles. The summed E-state index contributed by atoms with van der Waals surface area (Å²) in [7, 11) is 0. The Morgan fingerprint density at radius 2 is 0.722 bits per heavy atom. The molecule has 0 fully saturated rings. The summed E-state index contributed by atoms with van der Waals surface area (Å²) in [5, 5.41) is 0. The molecule has 2 nitrogen and oxygen atoms in total. The molecular weight excluding hydrogens is 220 g/mol. The lowest BCUT2D eigenvalue weighted by Gasteiger charge is -2.64. The fourth-order valence-electron chi connectivity index (χ4n) is 4.02. The number of rotatable bonds is 1. The van der Waals surface area contributed by atoms with E-state index < -0.39 is 0 Å². The standard InChI is InChI=1S/C16H37N2/c1-13(2,3)17-18(14(4,5)6,15(7,8)9)16(10,11)12/h17H,1-12H3/q+1. The van der Waals surface area contributed by atoms with Crippen molar-refractivity contribution in [3.8, 4) is 0 Å². The Bertz CT molecular complexity index is 240. The molecule has 0 saturated carbocycles. The van der Waals surface area contributed by atoms with Gasteiger partial charge in [0.05, 0.1) is 5.54 Å². The molecule has 18 heavy (non-hydrogen) atoms. The Morgan fingerprint density at radius 1 is 0.500 bits per heavy atom. The molecule has 1 N–H and O–H groups in total. The average molecular weight is 257 g/mol. The van der Waals surface area contributed by atoms with E-state index in [1.807, 2.05) is 0 Å². The number of nitrogens with zero attached hydrogens (tertiary/aromatic N) is 1. The van der Waals surface area contributed by atoms with E-state index in [0.717, 1.165) is 4.59 Å². The van der Waals surface area contributed by atoms with Crippen molar-refractivity contribution in [3.05, 3.63) is 0 Å². The first-order valence-corrected chi connectivity index (χ1v) is 7.14. The lowest BCUT2D eigenvalue weighted by atomic mass is 9.84. The van der Waals surface area contributed by atoms with Gasteiger partial charge in [-0.1, -0.05) is 0 Å². The van der Waals surface area contributed by atoms with Crippen LogP contribution in [0.4, 0.5) is 0 Å². The third-order valence-electron chi connectivity index (χ3n) is 3.52. The minimum atomic E-state index is 0.0772. The number of nitrogens with one attached hydrogen (secondary N) is 1. The molecule has 110 valence electrons. The van der Waals surface area contributed by atoms with Crippen molar-refractivity contribution in [2.75, 3.05) is 0 Å². The Hall–Kier alpha value is -0.0800. The molecule has 0 aliphatic rings. The summed E-state index contributed by atoms with van der Waals surface area (Å²) in [5.74, 6) is 0. The topological polar surface area (TPSA) is 12.0 Å². The molecule has 0 aromatic carbocycles. The van der Waals surface area contributed by atoms with Gasteiger partial charge in [0.2, 0.25) is 0 Å². The van der Waals surface area contributed by atoms with E-state index in [2.05, 4.69) is 88.5 Å². The first-order chi connectivity index (χ1) is 7.46. The van der Waals surface area contributed by atoms with Crippen LogP contribution in [0.5, 0.6) is 0 Å². The van der Waals surface area contributed by atoms with Gasteiger partial charge in [0.25, 0.3) is 0 Å². The summed E-state index contributed by atoms with van der Waals surface area (Å²) in [6.07, 6.45) is 0. The van der Waals surface area contributed by atoms with Crippen LogP contribution >= 0.6 is 0 Å². The van der Waals surface area contributed by atoms with Gasteiger partial charge in [-0.3, -0.25) is 0 Å². The van der Waals surface area contributed by atoms with Crippen molar-refractivity contribution in [1.82, 2.24) is 5.43 Å². The lowest BCUT2D eigenvalue weighted by Crippen LogP contribution is -2.84. The summed E-state index contributed by atoms with van der Waals surface area (Å²) in [5.41, 5.74) is 4.35. The van der Waals surface area contributed by atoms with E-state index in [4.69, 9.17) is 0 Å². The van der Waals surface area contributed by atoms with Gasteiger partial charge in [0, 0.05) is 0 Å². The molecule has 0 aliphatic carbocycles. The molecule has 0 saturated heterocycles. The minimum Gasteiger partial charge on any atom is -0.233 e. The van der Waals surface area contributed by atoms with E-state index in [0.29, 0.717) is 0 Å². The van der Waals surface area contributed by atoms with Gasteiger partial charge in [0.1, 0.15) is 16.6 Å². The summed E-state index contributed by atoms with van der Waals surface area (Å²) >= 11 is 0. The van der Waals surface area contributed by atoms with Gasteiger partial charge in [-0.2, -0.15) is 5.43 Å². The maximum atomic E-state index is 3.93. The molecule has 0 aromatic rings. The van der Waals surface area contributed by atoms with Gasteiger partial charge in [-0.25, -0.2) is 4.59 Å². The molecule has 0 radical (unpaired) electrons. The van der Waals surface area contributed by atoms with Crippen molar-refractivity contribution in [3.63, 3.8) is 0 Å². The maximum Gasteiger partial charge on any atom is 0.109 e. The van der Waals surface area contributed by atoms with E-state index in [1.165, 1.54) is 0 Å². The molecule has 2 heteroatoms. The van der Waals surface area contributed by atoms with E-state index in [1.54, 1.807) is 0 Å². The molecule has 0 rings (SSSR count). The van der Waals surface area contributed by atoms with Gasteiger partial charge in [-0.05, 0) is 83.1 Å². The molecule has 0 amide bonds. The highest BCUT2D eigenvalue weighted by molar-refractivity contribution is 4.83. The summed E-state index contributed by atoms with van der Waals surface area (Å²) in [6.45, 7) is 27.8. The molecule has 0 aromatic heterocycles. The molecule has 0 bridgehead atoms. The van der Waals surface area contributed by atoms with Crippen molar-refractivity contribution < 1.29 is 4.59 Å². The van der Waals surface area contributed by atoms with Gasteiger partial charge in [0.15, 0.2) is 0 Å². The van der Waals surface area contributed by atoms with Crippen LogP contribution in [0.25, 0.3) is 0 Å². The first-order valence-electron chi connectivity index (χ1n) is 7.14. The zero-order chi connectivity index (χ0) is 15.2. The Kier molecular flexibility index (Phi) is 4.47. The normalized spacial score (nSPS) is 16.0. The maximum absolute atomic E-state index is 3.93. The average Bonchev–Trinajstić information content (AvgIpc) is 1.90. The number of hydrogen-bond acceptors (Lipinski definition) is 1. The summed E-state index contributed by atoms with van der Waals surface area (Å²) in [6, 6.07) is 0. The quantitative estimate of drug-likeness (QED) is 0.538. The van der Waals surface area contributed by atoms with E-state index in [9.17, 15) is 0 Å². The second-order valence-electron chi connectivity index (χ2n) is 9.55. The zero-order valence-corrected chi connectivity index (χ0v) is 14.9. The lowest BCUT2D eigenvalue weighted by molar-refractivity contribution is -1.09. The van der Waals surface area contributed by atoms with Gasteiger partial charge < -0.3 is 0 Å². The molecule has 0 spiro atoms. The highest BCUT2D eigenvalue weighted by atomic mass is 15.8. The van der Waals surface area contributed by atoms with Crippen LogP contribution in [0.1, 0.15) is 83.1 Å². The molecule has 0 heterocycles. The fourth-order valence-corrected chi connectivity index (χ4v) is 4.02. The number of hydrogen-bond donors (Lipinski definition) is 1. The summed E-state index contributed by atoms with van der Waals surface area (Å²) in [4.78, 5) is 0. The van der Waals surface area contributed by atoms with Gasteiger partial charge >= 0.3 is 0 Å². The third kappa shape index (κ3) is 3.27. The molecular formula is C16H37N2+. The predicted octanol–water partition coefficient (Wildman–Crippen LogP) is 4.50. The smallest absolute Gasteiger partial charge is 0.109 e. The van der Waals surface area contributed by atoms with Crippen LogP contribution in [0.2, 0.25) is 0 Å². The van der Waals surface area contributed by atoms with Gasteiger partial charge in [-0.15, -0.1) is 0 Å². The summed E-state index contributed by atoms with van der Waals surface area (Å²) < 4.78 is 0.872. The minimum absolute atomic E-state index is 0.0772. The highest BCUT2D eigenvalue weighted by Crippen LogP contribution is 2.42. The van der Waals surface area contributed by atoms with Crippen molar-refractivity contribution >= 4 is 0 Å². The van der Waals surface area contributed by atoms with Crippen LogP contribution < -0.4 is 5.43 Å². The van der Waals surface area contributed by atoms with Crippen LogP contribution in [0.15, 0.2) is 0 Å². The largest absolute Gasteiger partial charge is 0.233 e. The predicted molar refractivity (Wildman–Crippen MR) is 82.4 cm³/mol. The molecule has 0 atom stereocenters. The second-order valence-corrected chi connectivity index (χ2v) is 9.55. The van der Waals surface area contributed by atoms with E-state index in [-0.39, 0.29) is 22.2 Å². The first kappa shape index (κ1) is 17.9. The van der Waals surface area contributed by atoms with Crippen molar-refractivity contribution in [2.45, 2.75) is 105 Å². The fraction of sp³-hybridized carbons (Fsp3) is 1.00. The second kappa shape index (κ2) is 4.49. The van der Waals surface area contributed by atoms with Crippen LogP contribution in [0.3, 0.4) is 0 Å². The highest BCUT2D eigenvalue weighted by Gasteiger charge is 2.58. The Morgan fingerprint density at radius 3 is 0.778 bits per heavy atom. The Balaban J connectivity index is 6.10. The van der Waals surface area contributed by atoms with Crippen LogP contribution in [-0.4, -0.2) is 26.7 Å². The van der Waals surface area contributed by atoms with Crippen molar-refractivity contribution in [2.24, 2.45) is 0 Å². The molecule has 0 unspecified atom stereocenters. The monoisotopic (exact) mass is 257 g/mol. The van der Waals surface area contributed by atoms with Crippen molar-refractivity contribution in [1.29, 1.82) is 0 Å². The number of quaternary nitrogens is 1. The Labute approximate surface area is 116 Å². The third-order valence-corrected chi connectivity index (χ3v) is 3.52.